The fourth-order valence-electron chi connectivity index (χ4n) is 3.49. The summed E-state index contributed by atoms with van der Waals surface area (Å²) in [6, 6.07) is 7.29. The molecule has 1 aromatic heterocycles. The molecule has 2 bridgehead atoms. The number of fused-ring (bicyclic) bond motifs is 2. The quantitative estimate of drug-likeness (QED) is 0.939. The number of hydrogen-bond acceptors (Lipinski definition) is 4. The fourth-order valence-corrected chi connectivity index (χ4v) is 5.05. The smallest absolute Gasteiger partial charge is 0.301 e. The van der Waals surface area contributed by atoms with Gasteiger partial charge in [-0.15, -0.1) is 0 Å². The Bertz CT molecular complexity index is 773. The lowest BCUT2D eigenvalue weighted by Gasteiger charge is -2.26. The molecule has 4 rings (SSSR count). The van der Waals surface area contributed by atoms with Crippen LogP contribution in [-0.2, 0) is 10.2 Å². The number of aromatic nitrogens is 1. The van der Waals surface area contributed by atoms with Crippen molar-refractivity contribution in [2.45, 2.75) is 25.3 Å². The molecule has 1 aliphatic carbocycles. The molecule has 7 heteroatoms. The van der Waals surface area contributed by atoms with Gasteiger partial charge in [0.1, 0.15) is 6.26 Å². The summed E-state index contributed by atoms with van der Waals surface area (Å²) in [6.45, 7) is 0.626. The van der Waals surface area contributed by atoms with Gasteiger partial charge in [0.2, 0.25) is 5.89 Å². The molecule has 2 unspecified atom stereocenters. The van der Waals surface area contributed by atoms with E-state index in [2.05, 4.69) is 9.71 Å². The Kier molecular flexibility index (Phi) is 3.19. The second-order valence-corrected chi connectivity index (χ2v) is 7.52. The highest BCUT2D eigenvalue weighted by atomic mass is 32.2. The van der Waals surface area contributed by atoms with Crippen LogP contribution < -0.4 is 4.72 Å². The van der Waals surface area contributed by atoms with Crippen molar-refractivity contribution in [1.29, 1.82) is 0 Å². The van der Waals surface area contributed by atoms with Crippen LogP contribution in [0.3, 0.4) is 0 Å². The van der Waals surface area contributed by atoms with Gasteiger partial charge in [-0.1, -0.05) is 12.1 Å². The SMILES string of the molecule is O=S(=O)(Nc1ccccc1-c1ncco1)N1CC2CCC1C2. The van der Waals surface area contributed by atoms with Crippen molar-refractivity contribution < 1.29 is 12.8 Å². The number of oxazole rings is 1. The molecule has 1 saturated heterocycles. The number of nitrogens with zero attached hydrogens (tertiary/aromatic N) is 2. The van der Waals surface area contributed by atoms with E-state index in [-0.39, 0.29) is 6.04 Å². The predicted octanol–water partition coefficient (Wildman–Crippen LogP) is 2.48. The lowest BCUT2D eigenvalue weighted by Crippen LogP contribution is -2.41. The van der Waals surface area contributed by atoms with Gasteiger partial charge in [0.15, 0.2) is 0 Å². The van der Waals surface area contributed by atoms with E-state index in [1.807, 2.05) is 6.07 Å². The van der Waals surface area contributed by atoms with Crippen LogP contribution in [0.1, 0.15) is 19.3 Å². The average Bonchev–Trinajstić information content (AvgIpc) is 3.25. The van der Waals surface area contributed by atoms with Gasteiger partial charge in [0.25, 0.3) is 0 Å². The predicted molar refractivity (Wildman–Crippen MR) is 82.3 cm³/mol. The lowest BCUT2D eigenvalue weighted by molar-refractivity contribution is 0.335. The molecule has 0 amide bonds. The van der Waals surface area contributed by atoms with Crippen molar-refractivity contribution in [1.82, 2.24) is 9.29 Å². The second-order valence-electron chi connectivity index (χ2n) is 5.89. The monoisotopic (exact) mass is 319 g/mol. The van der Waals surface area contributed by atoms with Crippen LogP contribution >= 0.6 is 0 Å². The molecular formula is C15H17N3O3S. The summed E-state index contributed by atoms with van der Waals surface area (Å²) in [6.07, 6.45) is 6.11. The van der Waals surface area contributed by atoms with Crippen LogP contribution in [0, 0.1) is 5.92 Å². The first-order valence-corrected chi connectivity index (χ1v) is 8.86. The summed E-state index contributed by atoms with van der Waals surface area (Å²) in [5.41, 5.74) is 1.13. The van der Waals surface area contributed by atoms with Crippen LogP contribution in [-0.4, -0.2) is 30.3 Å². The molecule has 22 heavy (non-hydrogen) atoms. The van der Waals surface area contributed by atoms with Gasteiger partial charge in [-0.3, -0.25) is 4.72 Å². The standard InChI is InChI=1S/C15H17N3O3S/c19-22(20,18-10-11-5-6-12(18)9-11)17-14-4-2-1-3-13(14)15-16-7-8-21-15/h1-4,7-8,11-12,17H,5-6,9-10H2. The van der Waals surface area contributed by atoms with Gasteiger partial charge < -0.3 is 4.42 Å². The Labute approximate surface area is 129 Å². The Morgan fingerprint density at radius 3 is 2.82 bits per heavy atom. The Hall–Kier alpha value is -1.86. The minimum atomic E-state index is -3.54. The van der Waals surface area contributed by atoms with Gasteiger partial charge >= 0.3 is 10.2 Å². The van der Waals surface area contributed by atoms with Crippen molar-refractivity contribution in [2.75, 3.05) is 11.3 Å². The molecule has 2 atom stereocenters. The van der Waals surface area contributed by atoms with Gasteiger partial charge in [-0.05, 0) is 37.3 Å². The van der Waals surface area contributed by atoms with E-state index in [9.17, 15) is 8.42 Å². The van der Waals surface area contributed by atoms with E-state index in [4.69, 9.17) is 4.42 Å². The topological polar surface area (TPSA) is 75.4 Å². The van der Waals surface area contributed by atoms with Crippen molar-refractivity contribution in [3.05, 3.63) is 36.7 Å². The molecule has 0 radical (unpaired) electrons. The van der Waals surface area contributed by atoms with E-state index in [0.717, 1.165) is 19.3 Å². The Morgan fingerprint density at radius 2 is 2.14 bits per heavy atom. The molecule has 0 spiro atoms. The molecule has 1 N–H and O–H groups in total. The first-order valence-electron chi connectivity index (χ1n) is 7.42. The maximum absolute atomic E-state index is 12.7. The molecule has 6 nitrogen and oxygen atoms in total. The zero-order valence-electron chi connectivity index (χ0n) is 12.0. The van der Waals surface area contributed by atoms with Gasteiger partial charge in [-0.2, -0.15) is 12.7 Å². The highest BCUT2D eigenvalue weighted by Gasteiger charge is 2.43. The number of para-hydroxylation sites is 1. The molecular weight excluding hydrogens is 302 g/mol. The molecule has 1 aliphatic heterocycles. The van der Waals surface area contributed by atoms with Crippen LogP contribution in [0.15, 0.2) is 41.1 Å². The minimum absolute atomic E-state index is 0.149. The third kappa shape index (κ3) is 2.30. The number of nitrogens with one attached hydrogen (secondary N) is 1. The average molecular weight is 319 g/mol. The number of piperidine rings is 1. The number of anilines is 1. The second kappa shape index (κ2) is 5.10. The van der Waals surface area contributed by atoms with E-state index >= 15 is 0 Å². The zero-order valence-corrected chi connectivity index (χ0v) is 12.8. The Morgan fingerprint density at radius 1 is 1.27 bits per heavy atom. The normalized spacial score (nSPS) is 24.7. The highest BCUT2D eigenvalue weighted by Crippen LogP contribution is 2.39. The van der Waals surface area contributed by atoms with Gasteiger partial charge in [0.05, 0.1) is 17.4 Å². The van der Waals surface area contributed by atoms with E-state index < -0.39 is 10.2 Å². The molecule has 2 aliphatic rings. The summed E-state index contributed by atoms with van der Waals surface area (Å²) in [7, 11) is -3.54. The van der Waals surface area contributed by atoms with Crippen molar-refractivity contribution in [2.24, 2.45) is 5.92 Å². The third-order valence-electron chi connectivity index (χ3n) is 4.50. The van der Waals surface area contributed by atoms with Crippen LogP contribution in [0.4, 0.5) is 5.69 Å². The molecule has 1 saturated carbocycles. The minimum Gasteiger partial charge on any atom is -0.444 e. The molecule has 116 valence electrons. The van der Waals surface area contributed by atoms with Crippen molar-refractivity contribution >= 4 is 15.9 Å². The summed E-state index contributed by atoms with van der Waals surface area (Å²) < 4.78 is 35.0. The number of hydrogen-bond donors (Lipinski definition) is 1. The first-order chi connectivity index (χ1) is 10.6. The number of benzene rings is 1. The molecule has 2 fully saturated rings. The van der Waals surface area contributed by atoms with E-state index in [1.54, 1.807) is 28.7 Å². The van der Waals surface area contributed by atoms with Gasteiger partial charge in [0, 0.05) is 12.6 Å². The molecule has 2 heterocycles. The van der Waals surface area contributed by atoms with Crippen molar-refractivity contribution in [3.8, 4) is 11.5 Å². The fraction of sp³-hybridized carbons (Fsp3) is 0.400. The summed E-state index contributed by atoms with van der Waals surface area (Å²) in [4.78, 5) is 4.10. The first kappa shape index (κ1) is 13.8. The third-order valence-corrected chi connectivity index (χ3v) is 6.04. The van der Waals surface area contributed by atoms with Gasteiger partial charge in [-0.25, -0.2) is 4.98 Å². The Balaban J connectivity index is 1.64. The maximum atomic E-state index is 12.7. The number of rotatable bonds is 4. The van der Waals surface area contributed by atoms with Crippen molar-refractivity contribution in [3.63, 3.8) is 0 Å². The lowest BCUT2D eigenvalue weighted by atomic mass is 10.1. The molecule has 2 aromatic rings. The maximum Gasteiger partial charge on any atom is 0.301 e. The highest BCUT2D eigenvalue weighted by molar-refractivity contribution is 7.90. The van der Waals surface area contributed by atoms with Crippen LogP contribution in [0.2, 0.25) is 0 Å². The summed E-state index contributed by atoms with van der Waals surface area (Å²) in [5.74, 6) is 0.921. The van der Waals surface area contributed by atoms with Crippen LogP contribution in [0.5, 0.6) is 0 Å². The summed E-state index contributed by atoms with van der Waals surface area (Å²) in [5, 5.41) is 0. The van der Waals surface area contributed by atoms with Crippen LogP contribution in [0.25, 0.3) is 11.5 Å². The van der Waals surface area contributed by atoms with E-state index in [1.165, 1.54) is 6.26 Å². The summed E-state index contributed by atoms with van der Waals surface area (Å²) >= 11 is 0. The largest absolute Gasteiger partial charge is 0.444 e. The van der Waals surface area contributed by atoms with E-state index in [0.29, 0.717) is 29.6 Å². The molecule has 1 aromatic carbocycles. The zero-order chi connectivity index (χ0) is 15.2.